The maximum atomic E-state index is 13.4. The highest BCUT2D eigenvalue weighted by atomic mass is 16.5. The number of rotatable bonds is 9. The highest BCUT2D eigenvalue weighted by molar-refractivity contribution is 6.04. The van der Waals surface area contributed by atoms with E-state index in [1.807, 2.05) is 52.0 Å². The minimum Gasteiger partial charge on any atom is -0.465 e. The van der Waals surface area contributed by atoms with Crippen LogP contribution in [0.1, 0.15) is 100 Å². The third-order valence-electron chi connectivity index (χ3n) is 9.09. The van der Waals surface area contributed by atoms with Crippen molar-refractivity contribution in [3.05, 3.63) is 92.4 Å². The molecule has 4 aliphatic rings. The summed E-state index contributed by atoms with van der Waals surface area (Å²) in [6, 6.07) is 7.27. The Morgan fingerprint density at radius 3 is 1.46 bits per heavy atom. The van der Waals surface area contributed by atoms with Gasteiger partial charge in [0.25, 0.3) is 0 Å². The molecule has 0 saturated carbocycles. The van der Waals surface area contributed by atoms with Gasteiger partial charge in [0.15, 0.2) is 11.6 Å². The highest BCUT2D eigenvalue weighted by Crippen LogP contribution is 2.44. The smallest absolute Gasteiger partial charge is 0.336 e. The lowest BCUT2D eigenvalue weighted by Crippen LogP contribution is -2.34. The zero-order valence-electron chi connectivity index (χ0n) is 26.8. The molecule has 10 heteroatoms. The number of furan rings is 2. The van der Waals surface area contributed by atoms with Crippen molar-refractivity contribution >= 4 is 23.5 Å². The molecule has 10 nitrogen and oxygen atoms in total. The number of carbonyl (C=O) groups is 4. The molecule has 2 aromatic rings. The Balaban J connectivity index is 1.07. The summed E-state index contributed by atoms with van der Waals surface area (Å²) >= 11 is 0. The fraction of sp³-hybridized carbons (Fsp3) is 0.444. The molecule has 2 aromatic heterocycles. The van der Waals surface area contributed by atoms with Crippen molar-refractivity contribution in [1.29, 1.82) is 0 Å². The first kappa shape index (κ1) is 31.4. The first-order valence-corrected chi connectivity index (χ1v) is 16.1. The molecule has 0 radical (unpaired) electrons. The first-order chi connectivity index (χ1) is 22.1. The minimum absolute atomic E-state index is 0.00993. The van der Waals surface area contributed by atoms with Gasteiger partial charge in [0.2, 0.25) is 0 Å². The molecule has 0 saturated heterocycles. The lowest BCUT2D eigenvalue weighted by atomic mass is 9.77. The predicted octanol–water partition coefficient (Wildman–Crippen LogP) is 5.99. The summed E-state index contributed by atoms with van der Waals surface area (Å²) in [6.07, 6.45) is 4.78. The number of Topliss-reactive ketones (excluding diaryl/α,β-unsaturated/α-hetero) is 2. The number of ketones is 2. The molecule has 242 valence electrons. The van der Waals surface area contributed by atoms with Crippen LogP contribution in [0.25, 0.3) is 0 Å². The SMILES string of the molecule is CC1=C(C(=O)OCCCCOC(=O)C2=C(C)NC3=C(C(=O)CCC3)C2c2ccc(C)o2)C(c2ccc(C)o2)C2=C(CCCC2=O)N1. The third kappa shape index (κ3) is 6.00. The van der Waals surface area contributed by atoms with Gasteiger partial charge in [-0.2, -0.15) is 0 Å². The normalized spacial score (nSPS) is 21.6. The summed E-state index contributed by atoms with van der Waals surface area (Å²) in [7, 11) is 0. The van der Waals surface area contributed by atoms with E-state index in [0.717, 1.165) is 37.1 Å². The fourth-order valence-electron chi connectivity index (χ4n) is 6.98. The van der Waals surface area contributed by atoms with Crippen LogP contribution in [-0.2, 0) is 28.7 Å². The monoisotopic (exact) mass is 628 g/mol. The van der Waals surface area contributed by atoms with E-state index in [2.05, 4.69) is 10.6 Å². The summed E-state index contributed by atoms with van der Waals surface area (Å²) in [4.78, 5) is 52.9. The number of nitrogens with one attached hydrogen (secondary N) is 2. The van der Waals surface area contributed by atoms with Crippen molar-refractivity contribution in [2.75, 3.05) is 13.2 Å². The number of dihydropyridines is 2. The maximum Gasteiger partial charge on any atom is 0.336 e. The first-order valence-electron chi connectivity index (χ1n) is 16.1. The summed E-state index contributed by atoms with van der Waals surface area (Å²) in [5.74, 6) is 0.227. The Labute approximate surface area is 267 Å². The van der Waals surface area contributed by atoms with Crippen LogP contribution in [-0.4, -0.2) is 36.7 Å². The van der Waals surface area contributed by atoms with E-state index in [1.54, 1.807) is 0 Å². The van der Waals surface area contributed by atoms with Crippen LogP contribution in [0.15, 0.2) is 78.2 Å². The van der Waals surface area contributed by atoms with Crippen LogP contribution in [0.4, 0.5) is 0 Å². The molecule has 6 rings (SSSR count). The zero-order chi connectivity index (χ0) is 32.5. The summed E-state index contributed by atoms with van der Waals surface area (Å²) < 4.78 is 23.2. The molecule has 0 amide bonds. The molecule has 2 aliphatic carbocycles. The predicted molar refractivity (Wildman–Crippen MR) is 167 cm³/mol. The van der Waals surface area contributed by atoms with E-state index in [0.29, 0.717) is 82.4 Å². The second-order valence-electron chi connectivity index (χ2n) is 12.4. The number of allylic oxidation sites excluding steroid dienone is 6. The number of esters is 2. The second-order valence-corrected chi connectivity index (χ2v) is 12.4. The van der Waals surface area contributed by atoms with Crippen LogP contribution in [0.5, 0.6) is 0 Å². The number of hydrogen-bond donors (Lipinski definition) is 2. The van der Waals surface area contributed by atoms with Crippen LogP contribution >= 0.6 is 0 Å². The molecular formula is C36H40N2O8. The van der Waals surface area contributed by atoms with Crippen molar-refractivity contribution in [1.82, 2.24) is 10.6 Å². The largest absolute Gasteiger partial charge is 0.465 e. The van der Waals surface area contributed by atoms with E-state index in [1.165, 1.54) is 0 Å². The summed E-state index contributed by atoms with van der Waals surface area (Å²) in [5.41, 5.74) is 4.86. The van der Waals surface area contributed by atoms with Gasteiger partial charge in [0, 0.05) is 46.8 Å². The Kier molecular flexibility index (Phi) is 8.88. The molecule has 2 unspecified atom stereocenters. The molecule has 2 N–H and O–H groups in total. The average Bonchev–Trinajstić information content (AvgIpc) is 3.65. The number of hydrogen-bond acceptors (Lipinski definition) is 10. The lowest BCUT2D eigenvalue weighted by molar-refractivity contribution is -0.142. The molecule has 2 atom stereocenters. The molecule has 46 heavy (non-hydrogen) atoms. The molecule has 0 bridgehead atoms. The highest BCUT2D eigenvalue weighted by Gasteiger charge is 2.42. The van der Waals surface area contributed by atoms with E-state index >= 15 is 0 Å². The van der Waals surface area contributed by atoms with Crippen LogP contribution in [0.3, 0.4) is 0 Å². The van der Waals surface area contributed by atoms with Crippen LogP contribution in [0.2, 0.25) is 0 Å². The van der Waals surface area contributed by atoms with E-state index in [4.69, 9.17) is 18.3 Å². The Morgan fingerprint density at radius 1 is 0.674 bits per heavy atom. The Bertz CT molecular complexity index is 1600. The third-order valence-corrected chi connectivity index (χ3v) is 9.09. The standard InChI is InChI=1S/C36H40N2O8/c1-19-13-15-27(45-19)33-29(21(3)37-23-9-7-11-25(39)31(23)33)35(41)43-17-5-6-18-44-36(42)30-22(4)38-24-10-8-12-26(40)32(24)34(30)28-16-14-20(2)46-28/h13-16,33-34,37-38H,5-12,17-18H2,1-4H3. The molecular weight excluding hydrogens is 588 g/mol. The Morgan fingerprint density at radius 2 is 1.09 bits per heavy atom. The molecule has 4 heterocycles. The van der Waals surface area contributed by atoms with Gasteiger partial charge in [0.1, 0.15) is 23.0 Å². The number of carbonyl (C=O) groups excluding carboxylic acids is 4. The van der Waals surface area contributed by atoms with Gasteiger partial charge in [-0.3, -0.25) is 9.59 Å². The quantitative estimate of drug-likeness (QED) is 0.252. The van der Waals surface area contributed by atoms with Crippen LogP contribution in [0, 0.1) is 13.8 Å². The molecule has 2 aliphatic heterocycles. The lowest BCUT2D eigenvalue weighted by Gasteiger charge is -2.33. The molecule has 0 spiro atoms. The topological polar surface area (TPSA) is 137 Å². The van der Waals surface area contributed by atoms with Crippen molar-refractivity contribution in [3.63, 3.8) is 0 Å². The van der Waals surface area contributed by atoms with Gasteiger partial charge >= 0.3 is 11.9 Å². The maximum absolute atomic E-state index is 13.4. The fourth-order valence-corrected chi connectivity index (χ4v) is 6.98. The van der Waals surface area contributed by atoms with Gasteiger partial charge in [-0.1, -0.05) is 0 Å². The second kappa shape index (κ2) is 13.0. The summed E-state index contributed by atoms with van der Waals surface area (Å²) in [6.45, 7) is 7.51. The zero-order valence-corrected chi connectivity index (χ0v) is 26.8. The van der Waals surface area contributed by atoms with Crippen molar-refractivity contribution in [2.24, 2.45) is 0 Å². The van der Waals surface area contributed by atoms with Gasteiger partial charge in [0.05, 0.1) is 36.2 Å². The average molecular weight is 629 g/mol. The Hall–Kier alpha value is -4.60. The van der Waals surface area contributed by atoms with Gasteiger partial charge in [-0.15, -0.1) is 0 Å². The van der Waals surface area contributed by atoms with E-state index in [9.17, 15) is 19.2 Å². The summed E-state index contributed by atoms with van der Waals surface area (Å²) in [5, 5.41) is 6.56. The molecule has 0 fully saturated rings. The number of aryl methyl sites for hydroxylation is 2. The van der Waals surface area contributed by atoms with Gasteiger partial charge in [-0.25, -0.2) is 9.59 Å². The minimum atomic E-state index is -0.621. The van der Waals surface area contributed by atoms with Crippen LogP contribution < -0.4 is 10.6 Å². The number of unbranched alkanes of at least 4 members (excludes halogenated alkanes) is 1. The number of ether oxygens (including phenoxy) is 2. The van der Waals surface area contributed by atoms with Gasteiger partial charge < -0.3 is 28.9 Å². The van der Waals surface area contributed by atoms with Crippen molar-refractivity contribution < 1.29 is 37.5 Å². The van der Waals surface area contributed by atoms with Crippen molar-refractivity contribution in [3.8, 4) is 0 Å². The van der Waals surface area contributed by atoms with Crippen molar-refractivity contribution in [2.45, 2.75) is 90.9 Å². The van der Waals surface area contributed by atoms with E-state index < -0.39 is 23.8 Å². The van der Waals surface area contributed by atoms with E-state index in [-0.39, 0.29) is 24.8 Å². The molecule has 0 aromatic carbocycles. The van der Waals surface area contributed by atoms with Gasteiger partial charge in [-0.05, 0) is 90.5 Å².